The molecular formula is C11H24N2O. The van der Waals surface area contributed by atoms with E-state index in [1.807, 2.05) is 18.9 Å². The van der Waals surface area contributed by atoms with Gasteiger partial charge in [-0.3, -0.25) is 4.79 Å². The summed E-state index contributed by atoms with van der Waals surface area (Å²) in [4.78, 5) is 13.5. The van der Waals surface area contributed by atoms with Crippen molar-refractivity contribution in [1.82, 2.24) is 4.90 Å². The molecule has 3 heteroatoms. The average Bonchev–Trinajstić information content (AvgIpc) is 2.15. The van der Waals surface area contributed by atoms with Gasteiger partial charge in [-0.15, -0.1) is 0 Å². The third-order valence-electron chi connectivity index (χ3n) is 2.70. The van der Waals surface area contributed by atoms with E-state index in [2.05, 4.69) is 13.8 Å². The molecule has 0 aromatic carbocycles. The van der Waals surface area contributed by atoms with E-state index in [1.165, 1.54) is 0 Å². The lowest BCUT2D eigenvalue weighted by Crippen LogP contribution is -2.36. The van der Waals surface area contributed by atoms with Crippen LogP contribution in [0.4, 0.5) is 0 Å². The second kappa shape index (κ2) is 6.82. The standard InChI is InChI=1S/C11H24N2O/c1-5-10(6-2)13(4)11(14)8-7-9(3)12/h9-10H,5-8,12H2,1-4H3. The first kappa shape index (κ1) is 13.4. The fourth-order valence-electron chi connectivity index (χ4n) is 1.57. The molecule has 0 bridgehead atoms. The quantitative estimate of drug-likeness (QED) is 0.710. The van der Waals surface area contributed by atoms with Gasteiger partial charge in [-0.05, 0) is 26.2 Å². The lowest BCUT2D eigenvalue weighted by molar-refractivity contribution is -0.132. The van der Waals surface area contributed by atoms with Gasteiger partial charge >= 0.3 is 0 Å². The summed E-state index contributed by atoms with van der Waals surface area (Å²) < 4.78 is 0. The molecule has 84 valence electrons. The van der Waals surface area contributed by atoms with Crippen LogP contribution in [-0.4, -0.2) is 29.9 Å². The van der Waals surface area contributed by atoms with Crippen molar-refractivity contribution in [2.45, 2.75) is 58.5 Å². The minimum Gasteiger partial charge on any atom is -0.343 e. The first-order valence-corrected chi connectivity index (χ1v) is 5.54. The van der Waals surface area contributed by atoms with Crippen LogP contribution in [0.5, 0.6) is 0 Å². The summed E-state index contributed by atoms with van der Waals surface area (Å²) in [6.45, 7) is 6.16. The molecule has 14 heavy (non-hydrogen) atoms. The summed E-state index contributed by atoms with van der Waals surface area (Å²) in [5, 5.41) is 0. The Morgan fingerprint density at radius 2 is 1.86 bits per heavy atom. The summed E-state index contributed by atoms with van der Waals surface area (Å²) in [6, 6.07) is 0.504. The highest BCUT2D eigenvalue weighted by Crippen LogP contribution is 2.08. The van der Waals surface area contributed by atoms with Gasteiger partial charge in [0.2, 0.25) is 5.91 Å². The van der Waals surface area contributed by atoms with Gasteiger partial charge in [-0.2, -0.15) is 0 Å². The highest BCUT2D eigenvalue weighted by molar-refractivity contribution is 5.76. The van der Waals surface area contributed by atoms with Crippen LogP contribution >= 0.6 is 0 Å². The SMILES string of the molecule is CCC(CC)N(C)C(=O)CCC(C)N. The van der Waals surface area contributed by atoms with Crippen molar-refractivity contribution in [3.8, 4) is 0 Å². The van der Waals surface area contributed by atoms with E-state index in [0.29, 0.717) is 12.5 Å². The van der Waals surface area contributed by atoms with Crippen molar-refractivity contribution in [1.29, 1.82) is 0 Å². The van der Waals surface area contributed by atoms with E-state index in [9.17, 15) is 4.79 Å². The number of carbonyl (C=O) groups excluding carboxylic acids is 1. The van der Waals surface area contributed by atoms with Crippen LogP contribution in [0.3, 0.4) is 0 Å². The number of hydrogen-bond acceptors (Lipinski definition) is 2. The van der Waals surface area contributed by atoms with Gasteiger partial charge in [-0.1, -0.05) is 13.8 Å². The van der Waals surface area contributed by atoms with Crippen LogP contribution in [0, 0.1) is 0 Å². The minimum atomic E-state index is 0.119. The molecule has 0 aliphatic carbocycles. The molecule has 0 heterocycles. The summed E-state index contributed by atoms with van der Waals surface area (Å²) in [7, 11) is 1.89. The van der Waals surface area contributed by atoms with Crippen molar-refractivity contribution in [3.05, 3.63) is 0 Å². The Morgan fingerprint density at radius 1 is 1.36 bits per heavy atom. The van der Waals surface area contributed by atoms with E-state index in [4.69, 9.17) is 5.73 Å². The Hall–Kier alpha value is -0.570. The predicted octanol–water partition coefficient (Wildman–Crippen LogP) is 1.76. The molecule has 0 aromatic heterocycles. The highest BCUT2D eigenvalue weighted by Gasteiger charge is 2.16. The first-order chi connectivity index (χ1) is 6.52. The van der Waals surface area contributed by atoms with Crippen LogP contribution in [0.25, 0.3) is 0 Å². The molecule has 0 aromatic rings. The molecule has 0 rings (SSSR count). The van der Waals surface area contributed by atoms with Crippen LogP contribution < -0.4 is 5.73 Å². The first-order valence-electron chi connectivity index (χ1n) is 5.54. The lowest BCUT2D eigenvalue weighted by atomic mass is 10.1. The molecule has 2 N–H and O–H groups in total. The van der Waals surface area contributed by atoms with Gasteiger partial charge in [0.25, 0.3) is 0 Å². The van der Waals surface area contributed by atoms with Crippen molar-refractivity contribution in [2.75, 3.05) is 7.05 Å². The Bertz CT molecular complexity index is 165. The number of nitrogens with two attached hydrogens (primary N) is 1. The molecule has 0 saturated carbocycles. The molecule has 1 amide bonds. The zero-order valence-electron chi connectivity index (χ0n) is 9.92. The van der Waals surface area contributed by atoms with Crippen molar-refractivity contribution >= 4 is 5.91 Å². The minimum absolute atomic E-state index is 0.119. The highest BCUT2D eigenvalue weighted by atomic mass is 16.2. The van der Waals surface area contributed by atoms with Crippen molar-refractivity contribution < 1.29 is 4.79 Å². The molecule has 0 saturated heterocycles. The largest absolute Gasteiger partial charge is 0.343 e. The average molecular weight is 200 g/mol. The molecular weight excluding hydrogens is 176 g/mol. The normalized spacial score (nSPS) is 13.0. The second-order valence-corrected chi connectivity index (χ2v) is 3.99. The maximum atomic E-state index is 11.7. The lowest BCUT2D eigenvalue weighted by Gasteiger charge is -2.26. The molecule has 1 atom stereocenters. The van der Waals surface area contributed by atoms with Crippen LogP contribution in [0.2, 0.25) is 0 Å². The zero-order valence-corrected chi connectivity index (χ0v) is 9.92. The fraction of sp³-hybridized carbons (Fsp3) is 0.909. The molecule has 3 nitrogen and oxygen atoms in total. The molecule has 0 aliphatic rings. The number of amides is 1. The van der Waals surface area contributed by atoms with Crippen molar-refractivity contribution in [2.24, 2.45) is 5.73 Å². The summed E-state index contributed by atoms with van der Waals surface area (Å²) in [5.41, 5.74) is 5.61. The molecule has 0 radical (unpaired) electrons. The van der Waals surface area contributed by atoms with Crippen molar-refractivity contribution in [3.63, 3.8) is 0 Å². The second-order valence-electron chi connectivity index (χ2n) is 3.99. The fourth-order valence-corrected chi connectivity index (χ4v) is 1.57. The monoisotopic (exact) mass is 200 g/mol. The number of nitrogens with zero attached hydrogens (tertiary/aromatic N) is 1. The molecule has 0 fully saturated rings. The number of hydrogen-bond donors (Lipinski definition) is 1. The molecule has 1 unspecified atom stereocenters. The van der Waals surface area contributed by atoms with Gasteiger partial charge in [0.15, 0.2) is 0 Å². The Morgan fingerprint density at radius 3 is 2.21 bits per heavy atom. The van der Waals surface area contributed by atoms with Gasteiger partial charge in [0.1, 0.15) is 0 Å². The third kappa shape index (κ3) is 4.61. The topological polar surface area (TPSA) is 46.3 Å². The number of rotatable bonds is 6. The Labute approximate surface area is 87.6 Å². The van der Waals surface area contributed by atoms with Crippen LogP contribution in [-0.2, 0) is 4.79 Å². The Balaban J connectivity index is 3.97. The van der Waals surface area contributed by atoms with E-state index in [-0.39, 0.29) is 11.9 Å². The zero-order chi connectivity index (χ0) is 11.1. The summed E-state index contributed by atoms with van der Waals surface area (Å²) in [6.07, 6.45) is 3.40. The maximum absolute atomic E-state index is 11.7. The van der Waals surface area contributed by atoms with Gasteiger partial charge < -0.3 is 10.6 Å². The summed E-state index contributed by atoms with van der Waals surface area (Å²) in [5.74, 6) is 0.219. The van der Waals surface area contributed by atoms with E-state index >= 15 is 0 Å². The van der Waals surface area contributed by atoms with E-state index in [0.717, 1.165) is 19.3 Å². The van der Waals surface area contributed by atoms with Crippen LogP contribution in [0.15, 0.2) is 0 Å². The molecule has 0 aliphatic heterocycles. The summed E-state index contributed by atoms with van der Waals surface area (Å²) >= 11 is 0. The Kier molecular flexibility index (Phi) is 6.54. The maximum Gasteiger partial charge on any atom is 0.222 e. The van der Waals surface area contributed by atoms with Gasteiger partial charge in [-0.25, -0.2) is 0 Å². The number of carbonyl (C=O) groups is 1. The van der Waals surface area contributed by atoms with E-state index < -0.39 is 0 Å². The molecule has 0 spiro atoms. The predicted molar refractivity (Wildman–Crippen MR) is 60.0 cm³/mol. The van der Waals surface area contributed by atoms with E-state index in [1.54, 1.807) is 0 Å². The van der Waals surface area contributed by atoms with Crippen LogP contribution in [0.1, 0.15) is 46.5 Å². The van der Waals surface area contributed by atoms with Gasteiger partial charge in [0.05, 0.1) is 0 Å². The van der Waals surface area contributed by atoms with Gasteiger partial charge in [0, 0.05) is 25.6 Å². The third-order valence-corrected chi connectivity index (χ3v) is 2.70. The smallest absolute Gasteiger partial charge is 0.222 e.